The van der Waals surface area contributed by atoms with Crippen LogP contribution >= 0.6 is 24.0 Å². The number of nitrogens with two attached hydrogens (primary N) is 1. The SMILES string of the molecule is CCNC(=O)COc1cccc(CN=C(N)Nc2ccc(C(C)CC)cc2)c1.I. The Balaban J connectivity index is 0.00000420. The van der Waals surface area contributed by atoms with Gasteiger partial charge in [-0.15, -0.1) is 24.0 Å². The summed E-state index contributed by atoms with van der Waals surface area (Å²) in [5.41, 5.74) is 9.17. The minimum absolute atomic E-state index is 0. The van der Waals surface area contributed by atoms with Crippen molar-refractivity contribution in [2.24, 2.45) is 10.7 Å². The topological polar surface area (TPSA) is 88.7 Å². The highest BCUT2D eigenvalue weighted by atomic mass is 127. The molecular weight excluding hydrogens is 479 g/mol. The van der Waals surface area contributed by atoms with Crippen LogP contribution in [0.3, 0.4) is 0 Å². The average Bonchev–Trinajstić information content (AvgIpc) is 2.71. The molecule has 0 aromatic heterocycles. The molecule has 1 unspecified atom stereocenters. The van der Waals surface area contributed by atoms with Gasteiger partial charge in [-0.05, 0) is 54.7 Å². The van der Waals surface area contributed by atoms with Crippen molar-refractivity contribution in [3.05, 3.63) is 59.7 Å². The first kappa shape index (κ1) is 24.7. The van der Waals surface area contributed by atoms with E-state index in [0.717, 1.165) is 17.7 Å². The fourth-order valence-corrected chi connectivity index (χ4v) is 2.63. The number of nitrogens with one attached hydrogen (secondary N) is 2. The summed E-state index contributed by atoms with van der Waals surface area (Å²) < 4.78 is 5.50. The smallest absolute Gasteiger partial charge is 0.257 e. The second-order valence-electron chi connectivity index (χ2n) is 6.65. The lowest BCUT2D eigenvalue weighted by Crippen LogP contribution is -2.28. The van der Waals surface area contributed by atoms with Crippen LogP contribution < -0.4 is 21.1 Å². The molecule has 0 heterocycles. The Morgan fingerprint density at radius 1 is 1.17 bits per heavy atom. The van der Waals surface area contributed by atoms with Crippen LogP contribution in [-0.4, -0.2) is 25.0 Å². The molecule has 0 aliphatic heterocycles. The zero-order chi connectivity index (χ0) is 20.4. The van der Waals surface area contributed by atoms with Gasteiger partial charge in [-0.1, -0.05) is 38.1 Å². The number of carbonyl (C=O) groups is 1. The molecule has 6 nitrogen and oxygen atoms in total. The van der Waals surface area contributed by atoms with E-state index in [9.17, 15) is 4.79 Å². The number of ether oxygens (including phenoxy) is 1. The number of guanidine groups is 1. The van der Waals surface area contributed by atoms with E-state index in [0.29, 0.717) is 30.7 Å². The maximum atomic E-state index is 11.5. The van der Waals surface area contributed by atoms with Crippen LogP contribution in [0.5, 0.6) is 5.75 Å². The van der Waals surface area contributed by atoms with Gasteiger partial charge in [0, 0.05) is 12.2 Å². The molecule has 4 N–H and O–H groups in total. The summed E-state index contributed by atoms with van der Waals surface area (Å²) in [4.78, 5) is 15.9. The summed E-state index contributed by atoms with van der Waals surface area (Å²) in [6, 6.07) is 15.7. The predicted molar refractivity (Wildman–Crippen MR) is 130 cm³/mol. The van der Waals surface area contributed by atoms with Crippen molar-refractivity contribution in [1.29, 1.82) is 0 Å². The minimum Gasteiger partial charge on any atom is -0.484 e. The number of amides is 1. The molecule has 158 valence electrons. The number of halogens is 1. The Morgan fingerprint density at radius 3 is 2.55 bits per heavy atom. The van der Waals surface area contributed by atoms with Crippen LogP contribution in [0.4, 0.5) is 5.69 Å². The highest BCUT2D eigenvalue weighted by Crippen LogP contribution is 2.20. The molecule has 0 fully saturated rings. The lowest BCUT2D eigenvalue weighted by molar-refractivity contribution is -0.122. The lowest BCUT2D eigenvalue weighted by atomic mass is 9.99. The number of likely N-dealkylation sites (N-methyl/N-ethyl adjacent to an activating group) is 1. The van der Waals surface area contributed by atoms with Gasteiger partial charge in [0.05, 0.1) is 6.54 Å². The Labute approximate surface area is 190 Å². The van der Waals surface area contributed by atoms with E-state index in [2.05, 4.69) is 41.6 Å². The Kier molecular flexibility index (Phi) is 11.1. The van der Waals surface area contributed by atoms with Gasteiger partial charge in [0.1, 0.15) is 5.75 Å². The molecule has 1 atom stereocenters. The predicted octanol–water partition coefficient (Wildman–Crippen LogP) is 4.26. The molecule has 0 radical (unpaired) electrons. The molecule has 2 aromatic carbocycles. The summed E-state index contributed by atoms with van der Waals surface area (Å²) >= 11 is 0. The zero-order valence-corrected chi connectivity index (χ0v) is 19.6. The maximum Gasteiger partial charge on any atom is 0.257 e. The monoisotopic (exact) mass is 510 g/mol. The van der Waals surface area contributed by atoms with E-state index in [-0.39, 0.29) is 36.5 Å². The molecule has 0 spiro atoms. The molecule has 0 saturated heterocycles. The van der Waals surface area contributed by atoms with Gasteiger partial charge in [-0.2, -0.15) is 0 Å². The van der Waals surface area contributed by atoms with Gasteiger partial charge < -0.3 is 21.1 Å². The van der Waals surface area contributed by atoms with Gasteiger partial charge in [0.2, 0.25) is 0 Å². The summed E-state index contributed by atoms with van der Waals surface area (Å²) in [6.07, 6.45) is 1.11. The van der Waals surface area contributed by atoms with E-state index < -0.39 is 0 Å². The number of rotatable bonds is 9. The van der Waals surface area contributed by atoms with Gasteiger partial charge in [0.25, 0.3) is 5.91 Å². The van der Waals surface area contributed by atoms with E-state index in [4.69, 9.17) is 10.5 Å². The molecule has 2 aromatic rings. The first-order valence-corrected chi connectivity index (χ1v) is 9.67. The van der Waals surface area contributed by atoms with Crippen molar-refractivity contribution < 1.29 is 9.53 Å². The summed E-state index contributed by atoms with van der Waals surface area (Å²) in [6.45, 7) is 7.27. The van der Waals surface area contributed by atoms with E-state index >= 15 is 0 Å². The van der Waals surface area contributed by atoms with Crippen LogP contribution in [0.15, 0.2) is 53.5 Å². The number of benzene rings is 2. The van der Waals surface area contributed by atoms with Crippen molar-refractivity contribution in [2.75, 3.05) is 18.5 Å². The van der Waals surface area contributed by atoms with E-state index in [1.165, 1.54) is 5.56 Å². The fourth-order valence-electron chi connectivity index (χ4n) is 2.63. The zero-order valence-electron chi connectivity index (χ0n) is 17.3. The van der Waals surface area contributed by atoms with Crippen LogP contribution in [-0.2, 0) is 11.3 Å². The van der Waals surface area contributed by atoms with Crippen molar-refractivity contribution in [3.8, 4) is 5.75 Å². The molecule has 2 rings (SSSR count). The number of aliphatic imine (C=N–C) groups is 1. The van der Waals surface area contributed by atoms with Crippen molar-refractivity contribution in [1.82, 2.24) is 5.32 Å². The van der Waals surface area contributed by atoms with Crippen molar-refractivity contribution >= 4 is 41.5 Å². The minimum atomic E-state index is -0.140. The Hall–Kier alpha value is -2.29. The normalized spacial score (nSPS) is 11.9. The maximum absolute atomic E-state index is 11.5. The first-order chi connectivity index (χ1) is 13.5. The third-order valence-electron chi connectivity index (χ3n) is 4.44. The second kappa shape index (κ2) is 13.0. The van der Waals surface area contributed by atoms with Crippen molar-refractivity contribution in [3.63, 3.8) is 0 Å². The standard InChI is InChI=1S/C22H30N4O2.HI/c1-4-16(3)18-9-11-19(12-10-18)26-22(23)25-14-17-7-6-8-20(13-17)28-15-21(27)24-5-2;/h6-13,16H,4-5,14-15H2,1-3H3,(H,24,27)(H3,23,25,26);1H. The van der Waals surface area contributed by atoms with Crippen LogP contribution in [0, 0.1) is 0 Å². The highest BCUT2D eigenvalue weighted by molar-refractivity contribution is 14.0. The van der Waals surface area contributed by atoms with E-state index in [1.54, 1.807) is 0 Å². The molecule has 0 saturated carbocycles. The van der Waals surface area contributed by atoms with Gasteiger partial charge in [0.15, 0.2) is 12.6 Å². The van der Waals surface area contributed by atoms with E-state index in [1.807, 2.05) is 43.3 Å². The Bertz CT molecular complexity index is 794. The molecule has 29 heavy (non-hydrogen) atoms. The quantitative estimate of drug-likeness (QED) is 0.267. The lowest BCUT2D eigenvalue weighted by Gasteiger charge is -2.11. The summed E-state index contributed by atoms with van der Waals surface area (Å²) in [5.74, 6) is 1.39. The second-order valence-corrected chi connectivity index (χ2v) is 6.65. The molecule has 0 aliphatic carbocycles. The van der Waals surface area contributed by atoms with Crippen LogP contribution in [0.25, 0.3) is 0 Å². The summed E-state index contributed by atoms with van der Waals surface area (Å²) in [5, 5.41) is 5.80. The first-order valence-electron chi connectivity index (χ1n) is 9.67. The molecule has 7 heteroatoms. The molecule has 0 bridgehead atoms. The van der Waals surface area contributed by atoms with Gasteiger partial charge in [-0.25, -0.2) is 4.99 Å². The van der Waals surface area contributed by atoms with Gasteiger partial charge >= 0.3 is 0 Å². The Morgan fingerprint density at radius 2 is 1.90 bits per heavy atom. The fraction of sp³-hybridized carbons (Fsp3) is 0.364. The summed E-state index contributed by atoms with van der Waals surface area (Å²) in [7, 11) is 0. The number of anilines is 1. The van der Waals surface area contributed by atoms with Crippen LogP contribution in [0.2, 0.25) is 0 Å². The van der Waals surface area contributed by atoms with Crippen molar-refractivity contribution in [2.45, 2.75) is 39.7 Å². The number of hydrogen-bond acceptors (Lipinski definition) is 3. The molecule has 1 amide bonds. The van der Waals surface area contributed by atoms with Gasteiger partial charge in [-0.3, -0.25) is 4.79 Å². The largest absolute Gasteiger partial charge is 0.484 e. The number of hydrogen-bond donors (Lipinski definition) is 3. The third kappa shape index (κ3) is 8.72. The number of carbonyl (C=O) groups excluding carboxylic acids is 1. The van der Waals surface area contributed by atoms with Crippen LogP contribution in [0.1, 0.15) is 44.2 Å². The highest BCUT2D eigenvalue weighted by Gasteiger charge is 2.04. The molecular formula is C22H31IN4O2. The molecule has 0 aliphatic rings. The number of nitrogens with zero attached hydrogens (tertiary/aromatic N) is 1. The third-order valence-corrected chi connectivity index (χ3v) is 4.44. The average molecular weight is 510 g/mol.